The quantitative estimate of drug-likeness (QED) is 0.890. The molecule has 26 heavy (non-hydrogen) atoms. The minimum Gasteiger partial charge on any atom is -0.382 e. The lowest BCUT2D eigenvalue weighted by atomic mass is 10.0. The van der Waals surface area contributed by atoms with Crippen LogP contribution in [0, 0.1) is 0 Å². The van der Waals surface area contributed by atoms with Gasteiger partial charge in [0.15, 0.2) is 0 Å². The van der Waals surface area contributed by atoms with Crippen molar-refractivity contribution in [1.82, 2.24) is 9.47 Å². The summed E-state index contributed by atoms with van der Waals surface area (Å²) in [5.41, 5.74) is 1.54. The molecule has 1 N–H and O–H groups in total. The van der Waals surface area contributed by atoms with Crippen molar-refractivity contribution >= 4 is 16.6 Å². The number of nitrogens with zero attached hydrogens (tertiary/aromatic N) is 2. The van der Waals surface area contributed by atoms with Gasteiger partial charge in [0.2, 0.25) is 0 Å². The summed E-state index contributed by atoms with van der Waals surface area (Å²) >= 11 is 0. The summed E-state index contributed by atoms with van der Waals surface area (Å²) in [7, 11) is 0. The number of ether oxygens (including phenoxy) is 1. The van der Waals surface area contributed by atoms with Crippen molar-refractivity contribution in [3.8, 4) is 0 Å². The maximum Gasteiger partial charge on any atom is 0.406 e. The molecule has 1 aromatic heterocycles. The standard InChI is InChI=1S/C19H24F3N3O/c20-19(21,22)13-25-10-6-16-17(2-1-3-18(16)25)23-14-4-8-24(9-5-14)15-7-11-26-12-15/h1-3,6,10,14-15,23H,4-5,7-9,11-13H2. The molecule has 2 aromatic rings. The molecule has 2 aliphatic heterocycles. The van der Waals surface area contributed by atoms with Gasteiger partial charge in [0.25, 0.3) is 0 Å². The highest BCUT2D eigenvalue weighted by atomic mass is 19.4. The molecule has 2 aliphatic rings. The average Bonchev–Trinajstić information content (AvgIpc) is 3.25. The highest BCUT2D eigenvalue weighted by Crippen LogP contribution is 2.29. The molecule has 1 atom stereocenters. The van der Waals surface area contributed by atoms with Gasteiger partial charge < -0.3 is 14.6 Å². The molecular weight excluding hydrogens is 343 g/mol. The van der Waals surface area contributed by atoms with Gasteiger partial charge in [-0.25, -0.2) is 0 Å². The highest BCUT2D eigenvalue weighted by molar-refractivity contribution is 5.92. The number of likely N-dealkylation sites (tertiary alicyclic amines) is 1. The maximum atomic E-state index is 12.7. The summed E-state index contributed by atoms with van der Waals surface area (Å²) < 4.78 is 44.9. The van der Waals surface area contributed by atoms with E-state index in [1.807, 2.05) is 12.1 Å². The zero-order chi connectivity index (χ0) is 18.1. The van der Waals surface area contributed by atoms with Crippen LogP contribution in [0.5, 0.6) is 0 Å². The predicted octanol–water partition coefficient (Wildman–Crippen LogP) is 3.87. The number of piperidine rings is 1. The molecule has 0 saturated carbocycles. The summed E-state index contributed by atoms with van der Waals surface area (Å²) in [4.78, 5) is 2.51. The Kier molecular flexibility index (Phi) is 4.84. The van der Waals surface area contributed by atoms with Gasteiger partial charge in [0.1, 0.15) is 6.54 Å². The molecule has 2 saturated heterocycles. The van der Waals surface area contributed by atoms with E-state index in [0.717, 1.165) is 56.6 Å². The summed E-state index contributed by atoms with van der Waals surface area (Å²) in [6.07, 6.45) is 0.495. The van der Waals surface area contributed by atoms with E-state index < -0.39 is 12.7 Å². The first-order chi connectivity index (χ1) is 12.5. The van der Waals surface area contributed by atoms with E-state index in [4.69, 9.17) is 4.74 Å². The van der Waals surface area contributed by atoms with E-state index in [1.54, 1.807) is 12.1 Å². The molecule has 3 heterocycles. The second kappa shape index (κ2) is 7.12. The molecule has 2 fully saturated rings. The maximum absolute atomic E-state index is 12.7. The van der Waals surface area contributed by atoms with Crippen LogP contribution >= 0.6 is 0 Å². The highest BCUT2D eigenvalue weighted by Gasteiger charge is 2.29. The van der Waals surface area contributed by atoms with E-state index in [-0.39, 0.29) is 0 Å². The number of benzene rings is 1. The smallest absolute Gasteiger partial charge is 0.382 e. The number of hydrogen-bond donors (Lipinski definition) is 1. The molecule has 0 spiro atoms. The molecule has 142 valence electrons. The molecular formula is C19H24F3N3O. The number of rotatable bonds is 4. The number of alkyl halides is 3. The Morgan fingerprint density at radius 1 is 1.12 bits per heavy atom. The van der Waals surface area contributed by atoms with Crippen LogP contribution in [0.25, 0.3) is 10.9 Å². The SMILES string of the molecule is FC(F)(F)Cn1ccc2c(NC3CCN(C4CCOC4)CC3)cccc21. The monoisotopic (exact) mass is 367 g/mol. The molecule has 0 amide bonds. The Hall–Kier alpha value is -1.73. The van der Waals surface area contributed by atoms with Gasteiger partial charge in [-0.2, -0.15) is 13.2 Å². The minimum atomic E-state index is -4.22. The normalized spacial score (nSPS) is 23.0. The van der Waals surface area contributed by atoms with Crippen molar-refractivity contribution in [2.24, 2.45) is 0 Å². The molecule has 7 heteroatoms. The Morgan fingerprint density at radius 2 is 1.92 bits per heavy atom. The molecule has 0 bridgehead atoms. The zero-order valence-corrected chi connectivity index (χ0v) is 14.6. The van der Waals surface area contributed by atoms with Crippen LogP contribution in [0.3, 0.4) is 0 Å². The Balaban J connectivity index is 1.43. The van der Waals surface area contributed by atoms with Gasteiger partial charge in [-0.15, -0.1) is 0 Å². The molecule has 4 rings (SSSR count). The van der Waals surface area contributed by atoms with E-state index in [0.29, 0.717) is 17.6 Å². The number of fused-ring (bicyclic) bond motifs is 1. The van der Waals surface area contributed by atoms with Crippen LogP contribution in [-0.4, -0.2) is 54.0 Å². The summed E-state index contributed by atoms with van der Waals surface area (Å²) in [6.45, 7) is 2.82. The zero-order valence-electron chi connectivity index (χ0n) is 14.6. The predicted molar refractivity (Wildman–Crippen MR) is 95.4 cm³/mol. The third-order valence-corrected chi connectivity index (χ3v) is 5.47. The molecule has 1 unspecified atom stereocenters. The molecule has 0 radical (unpaired) electrons. The van der Waals surface area contributed by atoms with Gasteiger partial charge >= 0.3 is 6.18 Å². The first-order valence-corrected chi connectivity index (χ1v) is 9.22. The largest absolute Gasteiger partial charge is 0.406 e. The van der Waals surface area contributed by atoms with Crippen molar-refractivity contribution in [3.05, 3.63) is 30.5 Å². The van der Waals surface area contributed by atoms with E-state index in [2.05, 4.69) is 10.2 Å². The number of nitrogens with one attached hydrogen (secondary N) is 1. The van der Waals surface area contributed by atoms with Gasteiger partial charge in [0.05, 0.1) is 12.1 Å². The van der Waals surface area contributed by atoms with Gasteiger partial charge in [0, 0.05) is 49.1 Å². The fourth-order valence-electron chi connectivity index (χ4n) is 4.12. The van der Waals surface area contributed by atoms with Crippen LogP contribution in [0.4, 0.5) is 18.9 Å². The van der Waals surface area contributed by atoms with Crippen LogP contribution in [0.1, 0.15) is 19.3 Å². The fraction of sp³-hybridized carbons (Fsp3) is 0.579. The van der Waals surface area contributed by atoms with Crippen molar-refractivity contribution in [2.75, 3.05) is 31.6 Å². The molecule has 4 nitrogen and oxygen atoms in total. The second-order valence-corrected chi connectivity index (χ2v) is 7.27. The second-order valence-electron chi connectivity index (χ2n) is 7.27. The lowest BCUT2D eigenvalue weighted by Gasteiger charge is -2.36. The van der Waals surface area contributed by atoms with Gasteiger partial charge in [-0.3, -0.25) is 4.90 Å². The molecule has 1 aromatic carbocycles. The number of hydrogen-bond acceptors (Lipinski definition) is 3. The van der Waals surface area contributed by atoms with E-state index >= 15 is 0 Å². The Labute approximate surface area is 150 Å². The minimum absolute atomic E-state index is 0.352. The topological polar surface area (TPSA) is 29.4 Å². The summed E-state index contributed by atoms with van der Waals surface area (Å²) in [5, 5.41) is 4.41. The lowest BCUT2D eigenvalue weighted by molar-refractivity contribution is -0.139. The average molecular weight is 367 g/mol. The van der Waals surface area contributed by atoms with Crippen molar-refractivity contribution in [2.45, 2.75) is 44.1 Å². The summed E-state index contributed by atoms with van der Waals surface area (Å²) in [5.74, 6) is 0. The third kappa shape index (κ3) is 3.83. The number of anilines is 1. The summed E-state index contributed by atoms with van der Waals surface area (Å²) in [6, 6.07) is 8.20. The Morgan fingerprint density at radius 3 is 2.62 bits per heavy atom. The first-order valence-electron chi connectivity index (χ1n) is 9.22. The Bertz CT molecular complexity index is 744. The number of halogens is 3. The van der Waals surface area contributed by atoms with Crippen LogP contribution in [0.15, 0.2) is 30.5 Å². The van der Waals surface area contributed by atoms with E-state index in [9.17, 15) is 13.2 Å². The lowest BCUT2D eigenvalue weighted by Crippen LogP contribution is -2.44. The van der Waals surface area contributed by atoms with Crippen molar-refractivity contribution < 1.29 is 17.9 Å². The van der Waals surface area contributed by atoms with Crippen LogP contribution in [0.2, 0.25) is 0 Å². The fourth-order valence-corrected chi connectivity index (χ4v) is 4.12. The third-order valence-electron chi connectivity index (χ3n) is 5.47. The molecule has 0 aliphatic carbocycles. The van der Waals surface area contributed by atoms with Gasteiger partial charge in [-0.05, 0) is 37.5 Å². The van der Waals surface area contributed by atoms with Crippen molar-refractivity contribution in [1.29, 1.82) is 0 Å². The van der Waals surface area contributed by atoms with E-state index in [1.165, 1.54) is 10.8 Å². The van der Waals surface area contributed by atoms with Crippen molar-refractivity contribution in [3.63, 3.8) is 0 Å². The van der Waals surface area contributed by atoms with Crippen LogP contribution < -0.4 is 5.32 Å². The van der Waals surface area contributed by atoms with Crippen LogP contribution in [-0.2, 0) is 11.3 Å². The number of aromatic nitrogens is 1. The first kappa shape index (κ1) is 17.7. The van der Waals surface area contributed by atoms with Gasteiger partial charge in [-0.1, -0.05) is 6.07 Å².